The van der Waals surface area contributed by atoms with Crippen molar-refractivity contribution in [2.24, 2.45) is 5.73 Å². The summed E-state index contributed by atoms with van der Waals surface area (Å²) in [5.74, 6) is -0.716. The number of nitrogens with zero attached hydrogens (tertiary/aromatic N) is 2. The molecule has 0 saturated carbocycles. The molecule has 2 aliphatic rings. The first-order chi connectivity index (χ1) is 13.6. The standard InChI is InChI=1S/C22H26N4O2/c23-21(27)18-3-1-4-19(13-18)24-22(28)17-8-6-16(7-9-17)14-25-11-12-26-10-2-5-20(26)15-25/h1,3-4,6-9,13,20H,2,5,10-12,14-15H2,(H2,23,27)(H,24,28)/t20-/m1/s1. The molecule has 6 heteroatoms. The van der Waals surface area contributed by atoms with Gasteiger partial charge in [0.15, 0.2) is 0 Å². The third-order valence-corrected chi connectivity index (χ3v) is 5.70. The van der Waals surface area contributed by atoms with Gasteiger partial charge in [-0.25, -0.2) is 0 Å². The number of rotatable bonds is 5. The van der Waals surface area contributed by atoms with E-state index in [-0.39, 0.29) is 5.91 Å². The minimum Gasteiger partial charge on any atom is -0.366 e. The molecular formula is C22H26N4O2. The van der Waals surface area contributed by atoms with Crippen LogP contribution in [-0.4, -0.2) is 53.8 Å². The Morgan fingerprint density at radius 3 is 2.64 bits per heavy atom. The highest BCUT2D eigenvalue weighted by molar-refractivity contribution is 6.05. The lowest BCUT2D eigenvalue weighted by Gasteiger charge is -2.37. The molecule has 2 aliphatic heterocycles. The highest BCUT2D eigenvalue weighted by atomic mass is 16.2. The molecule has 0 aromatic heterocycles. The largest absolute Gasteiger partial charge is 0.366 e. The summed E-state index contributed by atoms with van der Waals surface area (Å²) in [5.41, 5.74) is 8.03. The molecule has 0 radical (unpaired) electrons. The first-order valence-electron chi connectivity index (χ1n) is 9.85. The average molecular weight is 378 g/mol. The number of anilines is 1. The maximum absolute atomic E-state index is 12.5. The minimum atomic E-state index is -0.515. The van der Waals surface area contributed by atoms with Crippen molar-refractivity contribution < 1.29 is 9.59 Å². The molecule has 2 heterocycles. The van der Waals surface area contributed by atoms with Crippen molar-refractivity contribution in [1.82, 2.24) is 9.80 Å². The number of hydrogen-bond acceptors (Lipinski definition) is 4. The fourth-order valence-corrected chi connectivity index (χ4v) is 4.17. The van der Waals surface area contributed by atoms with Gasteiger partial charge in [-0.1, -0.05) is 18.2 Å². The number of primary amides is 1. The van der Waals surface area contributed by atoms with E-state index in [0.29, 0.717) is 16.8 Å². The third kappa shape index (κ3) is 4.24. The molecule has 3 N–H and O–H groups in total. The number of nitrogens with two attached hydrogens (primary N) is 1. The van der Waals surface area contributed by atoms with E-state index < -0.39 is 5.91 Å². The maximum Gasteiger partial charge on any atom is 0.255 e. The molecular weight excluding hydrogens is 352 g/mol. The number of amides is 2. The summed E-state index contributed by atoms with van der Waals surface area (Å²) >= 11 is 0. The van der Waals surface area contributed by atoms with Crippen molar-refractivity contribution in [3.8, 4) is 0 Å². The molecule has 1 atom stereocenters. The summed E-state index contributed by atoms with van der Waals surface area (Å²) in [4.78, 5) is 28.9. The Balaban J connectivity index is 1.35. The summed E-state index contributed by atoms with van der Waals surface area (Å²) < 4.78 is 0. The summed E-state index contributed by atoms with van der Waals surface area (Å²) in [6.07, 6.45) is 2.64. The number of nitrogens with one attached hydrogen (secondary N) is 1. The van der Waals surface area contributed by atoms with Crippen molar-refractivity contribution in [3.63, 3.8) is 0 Å². The predicted octanol–water partition coefficient (Wildman–Crippen LogP) is 2.32. The van der Waals surface area contributed by atoms with Gasteiger partial charge in [0.05, 0.1) is 0 Å². The van der Waals surface area contributed by atoms with Crippen LogP contribution in [0, 0.1) is 0 Å². The van der Waals surface area contributed by atoms with Crippen LogP contribution in [-0.2, 0) is 6.54 Å². The Labute approximate surface area is 165 Å². The minimum absolute atomic E-state index is 0.201. The molecule has 2 aromatic carbocycles. The van der Waals surface area contributed by atoms with E-state index >= 15 is 0 Å². The van der Waals surface area contributed by atoms with Crippen LogP contribution < -0.4 is 11.1 Å². The van der Waals surface area contributed by atoms with E-state index in [2.05, 4.69) is 15.1 Å². The topological polar surface area (TPSA) is 78.7 Å². The lowest BCUT2D eigenvalue weighted by molar-refractivity contribution is 0.0992. The van der Waals surface area contributed by atoms with Crippen LogP contribution in [0.2, 0.25) is 0 Å². The van der Waals surface area contributed by atoms with Gasteiger partial charge in [-0.05, 0) is 55.3 Å². The number of carbonyl (C=O) groups is 2. The molecule has 0 unspecified atom stereocenters. The number of benzene rings is 2. The lowest BCUT2D eigenvalue weighted by atomic mass is 10.1. The van der Waals surface area contributed by atoms with Crippen molar-refractivity contribution in [1.29, 1.82) is 0 Å². The van der Waals surface area contributed by atoms with Gasteiger partial charge in [0, 0.05) is 49.0 Å². The second-order valence-corrected chi connectivity index (χ2v) is 7.66. The number of hydrogen-bond donors (Lipinski definition) is 2. The van der Waals surface area contributed by atoms with Crippen molar-refractivity contribution in [3.05, 3.63) is 65.2 Å². The molecule has 4 rings (SSSR count). The molecule has 2 aromatic rings. The van der Waals surface area contributed by atoms with Crippen LogP contribution in [0.1, 0.15) is 39.1 Å². The zero-order valence-electron chi connectivity index (χ0n) is 15.9. The highest BCUT2D eigenvalue weighted by Crippen LogP contribution is 2.22. The Morgan fingerprint density at radius 2 is 1.86 bits per heavy atom. The first-order valence-corrected chi connectivity index (χ1v) is 9.85. The van der Waals surface area contributed by atoms with E-state index in [4.69, 9.17) is 5.73 Å². The SMILES string of the molecule is NC(=O)c1cccc(NC(=O)c2ccc(CN3CCN4CCC[C@@H]4C3)cc2)c1. The van der Waals surface area contributed by atoms with Gasteiger partial charge < -0.3 is 11.1 Å². The van der Waals surface area contributed by atoms with Gasteiger partial charge in [-0.15, -0.1) is 0 Å². The predicted molar refractivity (Wildman–Crippen MR) is 109 cm³/mol. The summed E-state index contributed by atoms with van der Waals surface area (Å²) in [5, 5.41) is 2.82. The monoisotopic (exact) mass is 378 g/mol. The van der Waals surface area contributed by atoms with Gasteiger partial charge >= 0.3 is 0 Å². The molecule has 6 nitrogen and oxygen atoms in total. The Kier molecular flexibility index (Phi) is 5.41. The number of piperazine rings is 1. The van der Waals surface area contributed by atoms with E-state index in [0.717, 1.165) is 32.2 Å². The van der Waals surface area contributed by atoms with Crippen molar-refractivity contribution >= 4 is 17.5 Å². The number of carbonyl (C=O) groups excluding carboxylic acids is 2. The first kappa shape index (κ1) is 18.7. The number of fused-ring (bicyclic) bond motifs is 1. The summed E-state index contributed by atoms with van der Waals surface area (Å²) in [6.45, 7) is 5.58. The van der Waals surface area contributed by atoms with Crippen molar-refractivity contribution in [2.75, 3.05) is 31.5 Å². The van der Waals surface area contributed by atoms with Crippen molar-refractivity contribution in [2.45, 2.75) is 25.4 Å². The van der Waals surface area contributed by atoms with E-state index in [1.54, 1.807) is 24.3 Å². The third-order valence-electron chi connectivity index (χ3n) is 5.70. The molecule has 2 fully saturated rings. The normalized spacial score (nSPS) is 19.9. The van der Waals surface area contributed by atoms with Crippen LogP contribution >= 0.6 is 0 Å². The Bertz CT molecular complexity index is 865. The summed E-state index contributed by atoms with van der Waals surface area (Å²) in [7, 11) is 0. The molecule has 2 amide bonds. The Morgan fingerprint density at radius 1 is 1.04 bits per heavy atom. The molecule has 0 aliphatic carbocycles. The van der Waals surface area contributed by atoms with Gasteiger partial charge in [0.2, 0.25) is 5.91 Å². The zero-order valence-corrected chi connectivity index (χ0v) is 15.9. The highest BCUT2D eigenvalue weighted by Gasteiger charge is 2.30. The molecule has 28 heavy (non-hydrogen) atoms. The fraction of sp³-hybridized carbons (Fsp3) is 0.364. The zero-order chi connectivity index (χ0) is 19.5. The van der Waals surface area contributed by atoms with Crippen LogP contribution in [0.25, 0.3) is 0 Å². The van der Waals surface area contributed by atoms with Gasteiger partial charge in [0.25, 0.3) is 5.91 Å². The average Bonchev–Trinajstić information content (AvgIpc) is 3.16. The van der Waals surface area contributed by atoms with Crippen LogP contribution in [0.4, 0.5) is 5.69 Å². The second kappa shape index (κ2) is 8.12. The molecule has 0 spiro atoms. The second-order valence-electron chi connectivity index (χ2n) is 7.66. The van der Waals surface area contributed by atoms with Gasteiger partial charge in [-0.3, -0.25) is 19.4 Å². The molecule has 2 saturated heterocycles. The van der Waals surface area contributed by atoms with Crippen LogP contribution in [0.5, 0.6) is 0 Å². The molecule has 0 bridgehead atoms. The van der Waals surface area contributed by atoms with E-state index in [9.17, 15) is 9.59 Å². The van der Waals surface area contributed by atoms with E-state index in [1.807, 2.05) is 24.3 Å². The quantitative estimate of drug-likeness (QED) is 0.837. The smallest absolute Gasteiger partial charge is 0.255 e. The van der Waals surface area contributed by atoms with Crippen LogP contribution in [0.3, 0.4) is 0 Å². The molecule has 146 valence electrons. The maximum atomic E-state index is 12.5. The van der Waals surface area contributed by atoms with E-state index in [1.165, 1.54) is 24.9 Å². The fourth-order valence-electron chi connectivity index (χ4n) is 4.17. The Hall–Kier alpha value is -2.70. The van der Waals surface area contributed by atoms with Gasteiger partial charge in [-0.2, -0.15) is 0 Å². The summed E-state index contributed by atoms with van der Waals surface area (Å²) in [6, 6.07) is 15.1. The lowest BCUT2D eigenvalue weighted by Crippen LogP contribution is -2.49. The van der Waals surface area contributed by atoms with Crippen LogP contribution in [0.15, 0.2) is 48.5 Å². The van der Waals surface area contributed by atoms with Gasteiger partial charge in [0.1, 0.15) is 0 Å².